The third kappa shape index (κ3) is 5.69. The number of hydrogen-bond donors (Lipinski definition) is 2. The van der Waals surface area contributed by atoms with Crippen molar-refractivity contribution in [1.82, 2.24) is 0 Å². The number of esters is 1. The molecular weight excluding hydrogens is 318 g/mol. The number of carbonyl (C=O) groups is 2. The van der Waals surface area contributed by atoms with Gasteiger partial charge in [-0.25, -0.2) is 4.79 Å². The van der Waals surface area contributed by atoms with Gasteiger partial charge in [0.1, 0.15) is 11.7 Å². The van der Waals surface area contributed by atoms with E-state index in [2.05, 4.69) is 10.1 Å². The Morgan fingerprint density at radius 1 is 1.42 bits per heavy atom. The summed E-state index contributed by atoms with van der Waals surface area (Å²) >= 11 is 0. The van der Waals surface area contributed by atoms with Gasteiger partial charge < -0.3 is 20.5 Å². The molecule has 0 radical (unpaired) electrons. The SMILES string of the molecule is COCCC(Nc1ccc(C=CC(=O)OC)cc1[N+](=O)[O-])C(N)=O. The molecule has 9 heteroatoms. The van der Waals surface area contributed by atoms with Crippen molar-refractivity contribution in [3.8, 4) is 0 Å². The molecule has 1 unspecified atom stereocenters. The van der Waals surface area contributed by atoms with Crippen molar-refractivity contribution in [3.63, 3.8) is 0 Å². The van der Waals surface area contributed by atoms with E-state index in [1.807, 2.05) is 0 Å². The second-order valence-corrected chi connectivity index (χ2v) is 4.77. The molecule has 0 fully saturated rings. The summed E-state index contributed by atoms with van der Waals surface area (Å²) in [5.41, 5.74) is 5.63. The lowest BCUT2D eigenvalue weighted by atomic mass is 10.1. The van der Waals surface area contributed by atoms with E-state index in [4.69, 9.17) is 10.5 Å². The number of nitrogens with two attached hydrogens (primary N) is 1. The van der Waals surface area contributed by atoms with Crippen molar-refractivity contribution < 1.29 is 24.0 Å². The molecule has 0 aromatic heterocycles. The smallest absolute Gasteiger partial charge is 0.330 e. The number of carbonyl (C=O) groups excluding carboxylic acids is 2. The molecule has 130 valence electrons. The van der Waals surface area contributed by atoms with Crippen LogP contribution in [0.25, 0.3) is 6.08 Å². The van der Waals surface area contributed by atoms with Gasteiger partial charge in [0.25, 0.3) is 5.69 Å². The lowest BCUT2D eigenvalue weighted by molar-refractivity contribution is -0.384. The van der Waals surface area contributed by atoms with Crippen molar-refractivity contribution in [1.29, 1.82) is 0 Å². The van der Waals surface area contributed by atoms with Crippen LogP contribution in [0.1, 0.15) is 12.0 Å². The van der Waals surface area contributed by atoms with E-state index in [0.29, 0.717) is 5.56 Å². The first kappa shape index (κ1) is 19.1. The number of nitrogens with one attached hydrogen (secondary N) is 1. The predicted molar refractivity (Wildman–Crippen MR) is 87.2 cm³/mol. The van der Waals surface area contributed by atoms with E-state index < -0.39 is 22.8 Å². The summed E-state index contributed by atoms with van der Waals surface area (Å²) in [7, 11) is 2.70. The summed E-state index contributed by atoms with van der Waals surface area (Å²) in [6.45, 7) is 0.272. The largest absolute Gasteiger partial charge is 0.466 e. The van der Waals surface area contributed by atoms with E-state index in [-0.39, 0.29) is 24.4 Å². The van der Waals surface area contributed by atoms with Gasteiger partial charge in [0.2, 0.25) is 5.91 Å². The highest BCUT2D eigenvalue weighted by molar-refractivity contribution is 5.87. The van der Waals surface area contributed by atoms with Crippen LogP contribution >= 0.6 is 0 Å². The number of anilines is 1. The highest BCUT2D eigenvalue weighted by Crippen LogP contribution is 2.27. The van der Waals surface area contributed by atoms with Gasteiger partial charge in [-0.1, -0.05) is 6.07 Å². The first-order valence-electron chi connectivity index (χ1n) is 6.98. The first-order valence-corrected chi connectivity index (χ1v) is 6.98. The monoisotopic (exact) mass is 337 g/mol. The number of benzene rings is 1. The topological polar surface area (TPSA) is 134 Å². The quantitative estimate of drug-likeness (QED) is 0.298. The molecule has 1 aromatic rings. The fourth-order valence-electron chi connectivity index (χ4n) is 1.87. The summed E-state index contributed by atoms with van der Waals surface area (Å²) in [5, 5.41) is 14.0. The second-order valence-electron chi connectivity index (χ2n) is 4.77. The Labute approximate surface area is 138 Å². The van der Waals surface area contributed by atoms with E-state index in [1.54, 1.807) is 6.07 Å². The maximum Gasteiger partial charge on any atom is 0.330 e. The van der Waals surface area contributed by atoms with Crippen LogP contribution in [0.15, 0.2) is 24.3 Å². The van der Waals surface area contributed by atoms with Crippen LogP contribution in [0.4, 0.5) is 11.4 Å². The molecule has 0 aliphatic heterocycles. The number of rotatable bonds is 9. The van der Waals surface area contributed by atoms with Crippen molar-refractivity contribution in [3.05, 3.63) is 40.0 Å². The number of methoxy groups -OCH3 is 2. The van der Waals surface area contributed by atoms with Gasteiger partial charge in [-0.2, -0.15) is 0 Å². The van der Waals surface area contributed by atoms with E-state index in [0.717, 1.165) is 6.08 Å². The van der Waals surface area contributed by atoms with Gasteiger partial charge in [0.05, 0.1) is 12.0 Å². The number of nitrogens with zero attached hydrogens (tertiary/aromatic N) is 1. The maximum atomic E-state index is 11.4. The number of nitro groups is 1. The normalized spacial score (nSPS) is 11.9. The molecule has 1 atom stereocenters. The van der Waals surface area contributed by atoms with Crippen LogP contribution in [-0.2, 0) is 19.1 Å². The number of ether oxygens (including phenoxy) is 2. The summed E-state index contributed by atoms with van der Waals surface area (Å²) < 4.78 is 9.34. The molecule has 0 aliphatic carbocycles. The molecule has 0 bridgehead atoms. The van der Waals surface area contributed by atoms with Crippen molar-refractivity contribution in [2.45, 2.75) is 12.5 Å². The summed E-state index contributed by atoms with van der Waals surface area (Å²) in [4.78, 5) is 33.2. The molecule has 1 aromatic carbocycles. The molecule has 24 heavy (non-hydrogen) atoms. The van der Waals surface area contributed by atoms with Gasteiger partial charge >= 0.3 is 5.97 Å². The summed E-state index contributed by atoms with van der Waals surface area (Å²) in [6.07, 6.45) is 2.81. The zero-order chi connectivity index (χ0) is 18.1. The van der Waals surface area contributed by atoms with Gasteiger partial charge in [-0.3, -0.25) is 14.9 Å². The molecule has 3 N–H and O–H groups in total. The van der Waals surface area contributed by atoms with Crippen molar-refractivity contribution in [2.24, 2.45) is 5.73 Å². The molecule has 0 heterocycles. The summed E-state index contributed by atoms with van der Waals surface area (Å²) in [6, 6.07) is 3.47. The third-order valence-electron chi connectivity index (χ3n) is 3.12. The minimum Gasteiger partial charge on any atom is -0.466 e. The zero-order valence-corrected chi connectivity index (χ0v) is 13.4. The molecule has 0 saturated carbocycles. The Hall–Kier alpha value is -2.94. The van der Waals surface area contributed by atoms with Crippen LogP contribution in [0, 0.1) is 10.1 Å². The lowest BCUT2D eigenvalue weighted by Crippen LogP contribution is -2.36. The third-order valence-corrected chi connectivity index (χ3v) is 3.12. The molecule has 0 aliphatic rings. The number of amides is 1. The highest BCUT2D eigenvalue weighted by atomic mass is 16.6. The van der Waals surface area contributed by atoms with Crippen LogP contribution in [0.5, 0.6) is 0 Å². The fraction of sp³-hybridized carbons (Fsp3) is 0.333. The van der Waals surface area contributed by atoms with E-state index >= 15 is 0 Å². The number of hydrogen-bond acceptors (Lipinski definition) is 7. The van der Waals surface area contributed by atoms with Crippen molar-refractivity contribution >= 4 is 29.3 Å². The van der Waals surface area contributed by atoms with Crippen LogP contribution in [0.2, 0.25) is 0 Å². The molecule has 0 spiro atoms. The Kier molecular flexibility index (Phi) is 7.37. The van der Waals surface area contributed by atoms with Crippen LogP contribution < -0.4 is 11.1 Å². The molecule has 1 rings (SSSR count). The van der Waals surface area contributed by atoms with Gasteiger partial charge in [-0.05, 0) is 24.1 Å². The average Bonchev–Trinajstić information content (AvgIpc) is 2.56. The molecule has 9 nitrogen and oxygen atoms in total. The minimum absolute atomic E-state index is 0.148. The maximum absolute atomic E-state index is 11.4. The van der Waals surface area contributed by atoms with E-state index in [1.165, 1.54) is 32.4 Å². The fourth-order valence-corrected chi connectivity index (χ4v) is 1.87. The Bertz CT molecular complexity index is 644. The molecule has 0 saturated heterocycles. The Morgan fingerprint density at radius 2 is 2.12 bits per heavy atom. The van der Waals surface area contributed by atoms with Gasteiger partial charge in [-0.15, -0.1) is 0 Å². The zero-order valence-electron chi connectivity index (χ0n) is 13.4. The minimum atomic E-state index is -0.805. The average molecular weight is 337 g/mol. The van der Waals surface area contributed by atoms with Gasteiger partial charge in [0, 0.05) is 25.9 Å². The predicted octanol–water partition coefficient (Wildman–Crippen LogP) is 1.08. The standard InChI is InChI=1S/C15H19N3O6/c1-23-8-7-12(15(16)20)17-11-5-3-10(4-6-14(19)24-2)9-13(11)18(21)22/h3-6,9,12,17H,7-8H2,1-2H3,(H2,16,20). The van der Waals surface area contributed by atoms with Crippen molar-refractivity contribution in [2.75, 3.05) is 26.1 Å². The van der Waals surface area contributed by atoms with Gasteiger partial charge in [0.15, 0.2) is 0 Å². The first-order chi connectivity index (χ1) is 11.4. The van der Waals surface area contributed by atoms with E-state index in [9.17, 15) is 19.7 Å². The number of primary amides is 1. The Morgan fingerprint density at radius 3 is 2.67 bits per heavy atom. The lowest BCUT2D eigenvalue weighted by Gasteiger charge is -2.16. The van der Waals surface area contributed by atoms with Crippen LogP contribution in [-0.4, -0.2) is 43.7 Å². The second kappa shape index (κ2) is 9.26. The molecular formula is C15H19N3O6. The summed E-state index contributed by atoms with van der Waals surface area (Å²) in [5.74, 6) is -1.22. The molecule has 1 amide bonds. The number of nitro benzene ring substituents is 1. The van der Waals surface area contributed by atoms with Crippen LogP contribution in [0.3, 0.4) is 0 Å². The highest BCUT2D eigenvalue weighted by Gasteiger charge is 2.20. The Balaban J connectivity index is 3.06.